The van der Waals surface area contributed by atoms with Crippen molar-refractivity contribution in [1.82, 2.24) is 14.7 Å². The van der Waals surface area contributed by atoms with Crippen LogP contribution in [-0.2, 0) is 0 Å². The molecule has 0 aromatic carbocycles. The van der Waals surface area contributed by atoms with Crippen molar-refractivity contribution in [2.75, 3.05) is 27.2 Å². The molecule has 0 bridgehead atoms. The summed E-state index contributed by atoms with van der Waals surface area (Å²) in [5, 5.41) is 0. The van der Waals surface area contributed by atoms with E-state index >= 15 is 0 Å². The maximum Gasteiger partial charge on any atom is 0.325 e. The van der Waals surface area contributed by atoms with Gasteiger partial charge in [-0.25, -0.2) is 4.79 Å². The zero-order valence-electron chi connectivity index (χ0n) is 11.2. The molecule has 0 unspecified atom stereocenters. The van der Waals surface area contributed by atoms with Gasteiger partial charge in [0.25, 0.3) is 0 Å². The van der Waals surface area contributed by atoms with Crippen LogP contribution in [0.1, 0.15) is 27.7 Å². The lowest BCUT2D eigenvalue weighted by Gasteiger charge is -2.33. The lowest BCUT2D eigenvalue weighted by molar-refractivity contribution is 0.184. The monoisotopic (exact) mass is 225 g/mol. The summed E-state index contributed by atoms with van der Waals surface area (Å²) in [6, 6.07) is 0.478. The maximum absolute atomic E-state index is 12.0. The molecule has 16 heavy (non-hydrogen) atoms. The third-order valence-corrected chi connectivity index (χ3v) is 2.95. The first-order valence-corrected chi connectivity index (χ1v) is 5.79. The molecule has 0 aliphatic carbocycles. The molecule has 0 saturated carbocycles. The largest absolute Gasteiger partial charge is 0.354 e. The van der Waals surface area contributed by atoms with E-state index in [9.17, 15) is 4.79 Å². The van der Waals surface area contributed by atoms with Crippen LogP contribution in [0.3, 0.4) is 0 Å². The van der Waals surface area contributed by atoms with E-state index in [0.717, 1.165) is 18.9 Å². The minimum Gasteiger partial charge on any atom is -0.354 e. The van der Waals surface area contributed by atoms with Crippen LogP contribution in [-0.4, -0.2) is 54.0 Å². The molecule has 1 heterocycles. The SMILES string of the molecule is CC(C)=C1N(C)C(=O)N(C)CCN1C(C)C. The fourth-order valence-electron chi connectivity index (χ4n) is 2.12. The Labute approximate surface area is 98.5 Å². The van der Waals surface area contributed by atoms with Gasteiger partial charge in [0.15, 0.2) is 0 Å². The fourth-order valence-corrected chi connectivity index (χ4v) is 2.12. The second kappa shape index (κ2) is 4.76. The zero-order chi connectivity index (χ0) is 12.5. The molecule has 0 radical (unpaired) electrons. The summed E-state index contributed by atoms with van der Waals surface area (Å²) in [6.45, 7) is 10.1. The first-order chi connectivity index (χ1) is 7.36. The highest BCUT2D eigenvalue weighted by Gasteiger charge is 2.28. The van der Waals surface area contributed by atoms with E-state index in [0.29, 0.717) is 6.04 Å². The number of hydrogen-bond donors (Lipinski definition) is 0. The van der Waals surface area contributed by atoms with Crippen molar-refractivity contribution in [3.8, 4) is 0 Å². The van der Waals surface area contributed by atoms with E-state index < -0.39 is 0 Å². The molecule has 0 aromatic heterocycles. The van der Waals surface area contributed by atoms with Crippen LogP contribution in [0.15, 0.2) is 11.4 Å². The first kappa shape index (κ1) is 12.9. The Hall–Kier alpha value is -1.19. The molecule has 1 rings (SSSR count). The Morgan fingerprint density at radius 1 is 1.19 bits per heavy atom. The minimum absolute atomic E-state index is 0.0688. The summed E-state index contributed by atoms with van der Waals surface area (Å²) < 4.78 is 0. The van der Waals surface area contributed by atoms with Crippen molar-refractivity contribution < 1.29 is 4.79 Å². The van der Waals surface area contributed by atoms with Gasteiger partial charge in [-0.15, -0.1) is 0 Å². The van der Waals surface area contributed by atoms with Crippen LogP contribution in [0.25, 0.3) is 0 Å². The molecule has 4 nitrogen and oxygen atoms in total. The standard InChI is InChI=1S/C12H23N3O/c1-9(2)11-14(6)12(16)13(5)7-8-15(11)10(3)4/h10H,7-8H2,1-6H3. The number of nitrogens with zero attached hydrogens (tertiary/aromatic N) is 3. The van der Waals surface area contributed by atoms with Crippen molar-refractivity contribution in [2.24, 2.45) is 0 Å². The Balaban J connectivity index is 3.14. The van der Waals surface area contributed by atoms with Gasteiger partial charge in [-0.3, -0.25) is 4.90 Å². The lowest BCUT2D eigenvalue weighted by Crippen LogP contribution is -2.39. The van der Waals surface area contributed by atoms with Crippen molar-refractivity contribution in [3.05, 3.63) is 11.4 Å². The molecule has 0 aromatic rings. The number of amides is 2. The maximum atomic E-state index is 12.0. The highest BCUT2D eigenvalue weighted by Crippen LogP contribution is 2.21. The second-order valence-electron chi connectivity index (χ2n) is 4.87. The predicted molar refractivity (Wildman–Crippen MR) is 66.0 cm³/mol. The topological polar surface area (TPSA) is 26.8 Å². The Kier molecular flexibility index (Phi) is 3.83. The number of likely N-dealkylation sites (N-methyl/N-ethyl adjacent to an activating group) is 1. The first-order valence-electron chi connectivity index (χ1n) is 5.79. The van der Waals surface area contributed by atoms with Gasteiger partial charge < -0.3 is 9.80 Å². The molecule has 92 valence electrons. The predicted octanol–water partition coefficient (Wildman–Crippen LogP) is 1.95. The normalized spacial score (nSPS) is 18.3. The summed E-state index contributed by atoms with van der Waals surface area (Å²) in [5.74, 6) is 1.05. The molecule has 0 N–H and O–H groups in total. The molecule has 1 saturated heterocycles. The molecule has 4 heteroatoms. The van der Waals surface area contributed by atoms with E-state index in [1.807, 2.05) is 14.1 Å². The third-order valence-electron chi connectivity index (χ3n) is 2.95. The zero-order valence-corrected chi connectivity index (χ0v) is 11.2. The Bertz CT molecular complexity index is 305. The summed E-state index contributed by atoms with van der Waals surface area (Å²) in [4.78, 5) is 17.8. The van der Waals surface area contributed by atoms with Crippen LogP contribution in [0, 0.1) is 0 Å². The molecule has 1 fully saturated rings. The van der Waals surface area contributed by atoms with E-state index in [4.69, 9.17) is 0 Å². The van der Waals surface area contributed by atoms with E-state index in [2.05, 4.69) is 32.6 Å². The number of urea groups is 1. The van der Waals surface area contributed by atoms with Gasteiger partial charge in [-0.05, 0) is 33.3 Å². The second-order valence-corrected chi connectivity index (χ2v) is 4.87. The van der Waals surface area contributed by atoms with Gasteiger partial charge in [0.2, 0.25) is 0 Å². The van der Waals surface area contributed by atoms with Crippen molar-refractivity contribution >= 4 is 6.03 Å². The van der Waals surface area contributed by atoms with Crippen molar-refractivity contribution in [3.63, 3.8) is 0 Å². The smallest absolute Gasteiger partial charge is 0.325 e. The third kappa shape index (κ3) is 2.31. The number of rotatable bonds is 1. The number of allylic oxidation sites excluding steroid dienone is 1. The molecular formula is C12H23N3O. The molecule has 0 spiro atoms. The number of carbonyl (C=O) groups is 1. The minimum atomic E-state index is 0.0688. The van der Waals surface area contributed by atoms with Gasteiger partial charge in [0.1, 0.15) is 5.82 Å². The molecule has 1 aliphatic rings. The van der Waals surface area contributed by atoms with Gasteiger partial charge in [-0.1, -0.05) is 0 Å². The average Bonchev–Trinajstić information content (AvgIpc) is 2.29. The molecule has 0 atom stereocenters. The summed E-state index contributed by atoms with van der Waals surface area (Å²) >= 11 is 0. The molecule has 1 aliphatic heterocycles. The number of carbonyl (C=O) groups excluding carboxylic acids is 1. The van der Waals surface area contributed by atoms with Crippen LogP contribution < -0.4 is 0 Å². The van der Waals surface area contributed by atoms with Crippen LogP contribution in [0.2, 0.25) is 0 Å². The van der Waals surface area contributed by atoms with Gasteiger partial charge in [0.05, 0.1) is 0 Å². The highest BCUT2D eigenvalue weighted by molar-refractivity contribution is 5.76. The van der Waals surface area contributed by atoms with Crippen LogP contribution in [0.5, 0.6) is 0 Å². The summed E-state index contributed by atoms with van der Waals surface area (Å²) in [5.41, 5.74) is 1.18. The van der Waals surface area contributed by atoms with Crippen LogP contribution >= 0.6 is 0 Å². The van der Waals surface area contributed by atoms with E-state index in [1.165, 1.54) is 5.57 Å². The summed E-state index contributed by atoms with van der Waals surface area (Å²) in [6.07, 6.45) is 0. The van der Waals surface area contributed by atoms with Crippen molar-refractivity contribution in [2.45, 2.75) is 33.7 Å². The summed E-state index contributed by atoms with van der Waals surface area (Å²) in [7, 11) is 3.70. The van der Waals surface area contributed by atoms with Gasteiger partial charge in [-0.2, -0.15) is 0 Å². The van der Waals surface area contributed by atoms with E-state index in [-0.39, 0.29) is 6.03 Å². The van der Waals surface area contributed by atoms with Crippen molar-refractivity contribution in [1.29, 1.82) is 0 Å². The van der Waals surface area contributed by atoms with Crippen LogP contribution in [0.4, 0.5) is 4.79 Å². The highest BCUT2D eigenvalue weighted by atomic mass is 16.2. The fraction of sp³-hybridized carbons (Fsp3) is 0.750. The quantitative estimate of drug-likeness (QED) is 0.682. The Morgan fingerprint density at radius 3 is 2.19 bits per heavy atom. The average molecular weight is 225 g/mol. The van der Waals surface area contributed by atoms with Gasteiger partial charge >= 0.3 is 6.03 Å². The number of hydrogen-bond acceptors (Lipinski definition) is 2. The van der Waals surface area contributed by atoms with E-state index in [1.54, 1.807) is 9.80 Å². The van der Waals surface area contributed by atoms with Gasteiger partial charge in [0, 0.05) is 33.2 Å². The lowest BCUT2D eigenvalue weighted by atomic mass is 10.2. The Morgan fingerprint density at radius 2 is 1.75 bits per heavy atom. The molecule has 2 amide bonds. The molecular weight excluding hydrogens is 202 g/mol.